The number of aromatic nitrogens is 2. The fourth-order valence-corrected chi connectivity index (χ4v) is 2.60. The van der Waals surface area contributed by atoms with Gasteiger partial charge in [-0.15, -0.1) is 0 Å². The Bertz CT molecular complexity index is 487. The number of nitrogens with zero attached hydrogens (tertiary/aromatic N) is 4. The maximum Gasteiger partial charge on any atom is 0.317 e. The lowest BCUT2D eigenvalue weighted by molar-refractivity contribution is 0.0162. The second-order valence-electron chi connectivity index (χ2n) is 5.71. The summed E-state index contributed by atoms with van der Waals surface area (Å²) < 4.78 is 10.4. The van der Waals surface area contributed by atoms with E-state index >= 15 is 0 Å². The fraction of sp³-hybridized carbons (Fsp3) is 0.800. The van der Waals surface area contributed by atoms with E-state index in [0.717, 1.165) is 32.7 Å². The lowest BCUT2D eigenvalue weighted by Gasteiger charge is -2.34. The quantitative estimate of drug-likeness (QED) is 0.801. The standard InChI is InChI=1S/C15H27N5O3/c1-4-12(20-6-8-22-9-7-20)10-16-15(21)19(3)11-13-17-14(5-2)23-18-13/h12H,4-11H2,1-3H3,(H,16,21)/t12-/m1/s1. The van der Waals surface area contributed by atoms with Crippen molar-refractivity contribution in [2.75, 3.05) is 39.9 Å². The van der Waals surface area contributed by atoms with Crippen LogP contribution in [0, 0.1) is 0 Å². The van der Waals surface area contributed by atoms with Crippen LogP contribution in [0.2, 0.25) is 0 Å². The highest BCUT2D eigenvalue weighted by Crippen LogP contribution is 2.07. The molecule has 1 aromatic heterocycles. The molecule has 1 aromatic rings. The average molecular weight is 325 g/mol. The Hall–Kier alpha value is -1.67. The van der Waals surface area contributed by atoms with Gasteiger partial charge in [-0.2, -0.15) is 4.98 Å². The van der Waals surface area contributed by atoms with Gasteiger partial charge in [0.1, 0.15) is 0 Å². The molecule has 0 saturated carbocycles. The molecule has 1 aliphatic rings. The highest BCUT2D eigenvalue weighted by molar-refractivity contribution is 5.73. The van der Waals surface area contributed by atoms with Gasteiger partial charge in [0, 0.05) is 39.1 Å². The topological polar surface area (TPSA) is 83.7 Å². The first-order chi connectivity index (χ1) is 11.1. The number of urea groups is 1. The van der Waals surface area contributed by atoms with Crippen molar-refractivity contribution in [1.82, 2.24) is 25.3 Å². The molecule has 130 valence electrons. The van der Waals surface area contributed by atoms with E-state index in [2.05, 4.69) is 27.3 Å². The van der Waals surface area contributed by atoms with Crippen molar-refractivity contribution in [2.24, 2.45) is 0 Å². The minimum atomic E-state index is -0.125. The molecule has 1 N–H and O–H groups in total. The highest BCUT2D eigenvalue weighted by atomic mass is 16.5. The smallest absolute Gasteiger partial charge is 0.317 e. The van der Waals surface area contributed by atoms with E-state index in [1.54, 1.807) is 11.9 Å². The highest BCUT2D eigenvalue weighted by Gasteiger charge is 2.21. The van der Waals surface area contributed by atoms with Crippen LogP contribution in [0.25, 0.3) is 0 Å². The zero-order chi connectivity index (χ0) is 16.7. The minimum absolute atomic E-state index is 0.125. The van der Waals surface area contributed by atoms with Crippen LogP contribution in [0.4, 0.5) is 4.79 Å². The summed E-state index contributed by atoms with van der Waals surface area (Å²) in [6, 6.07) is 0.215. The Kier molecular flexibility index (Phi) is 6.79. The van der Waals surface area contributed by atoms with Crippen molar-refractivity contribution in [3.05, 3.63) is 11.7 Å². The van der Waals surface area contributed by atoms with Crippen molar-refractivity contribution >= 4 is 6.03 Å². The number of morpholine rings is 1. The molecule has 0 aromatic carbocycles. The first kappa shape index (κ1) is 17.7. The lowest BCUT2D eigenvalue weighted by atomic mass is 10.2. The van der Waals surface area contributed by atoms with Gasteiger partial charge >= 0.3 is 6.03 Å². The van der Waals surface area contributed by atoms with Crippen molar-refractivity contribution < 1.29 is 14.1 Å². The lowest BCUT2D eigenvalue weighted by Crippen LogP contribution is -2.50. The third-order valence-electron chi connectivity index (χ3n) is 4.06. The summed E-state index contributed by atoms with van der Waals surface area (Å²) >= 11 is 0. The number of carbonyl (C=O) groups is 1. The van der Waals surface area contributed by atoms with Gasteiger partial charge in [-0.3, -0.25) is 4.90 Å². The molecule has 2 heterocycles. The largest absolute Gasteiger partial charge is 0.379 e. The van der Waals surface area contributed by atoms with Crippen molar-refractivity contribution in [2.45, 2.75) is 39.3 Å². The zero-order valence-corrected chi connectivity index (χ0v) is 14.2. The predicted molar refractivity (Wildman–Crippen MR) is 85.0 cm³/mol. The molecule has 0 aliphatic carbocycles. The molecule has 8 heteroatoms. The van der Waals surface area contributed by atoms with Crippen LogP contribution in [-0.4, -0.2) is 71.9 Å². The number of hydrogen-bond acceptors (Lipinski definition) is 6. The molecule has 1 saturated heterocycles. The van der Waals surface area contributed by atoms with Gasteiger partial charge in [0.15, 0.2) is 5.82 Å². The summed E-state index contributed by atoms with van der Waals surface area (Å²) in [4.78, 5) is 20.4. The molecule has 1 atom stereocenters. The molecule has 0 unspecified atom stereocenters. The van der Waals surface area contributed by atoms with Crippen LogP contribution >= 0.6 is 0 Å². The maximum atomic E-state index is 12.2. The van der Waals surface area contributed by atoms with Crippen LogP contribution < -0.4 is 5.32 Å². The van der Waals surface area contributed by atoms with Gasteiger partial charge < -0.3 is 19.5 Å². The first-order valence-corrected chi connectivity index (χ1v) is 8.26. The van der Waals surface area contributed by atoms with Gasteiger partial charge in [0.05, 0.1) is 19.8 Å². The summed E-state index contributed by atoms with van der Waals surface area (Å²) in [5.74, 6) is 1.12. The third kappa shape index (κ3) is 5.18. The van der Waals surface area contributed by atoms with Gasteiger partial charge in [-0.1, -0.05) is 19.0 Å². The van der Waals surface area contributed by atoms with E-state index in [-0.39, 0.29) is 6.03 Å². The van der Waals surface area contributed by atoms with E-state index in [1.807, 2.05) is 6.92 Å². The maximum absolute atomic E-state index is 12.2. The van der Waals surface area contributed by atoms with Crippen LogP contribution in [0.15, 0.2) is 4.52 Å². The van der Waals surface area contributed by atoms with Gasteiger partial charge in [-0.05, 0) is 6.42 Å². The van der Waals surface area contributed by atoms with E-state index in [4.69, 9.17) is 9.26 Å². The second-order valence-corrected chi connectivity index (χ2v) is 5.71. The normalized spacial score (nSPS) is 17.0. The Balaban J connectivity index is 1.77. The Labute approximate surface area is 137 Å². The Morgan fingerprint density at radius 1 is 1.39 bits per heavy atom. The molecule has 0 radical (unpaired) electrons. The first-order valence-electron chi connectivity index (χ1n) is 8.26. The monoisotopic (exact) mass is 325 g/mol. The molecule has 1 fully saturated rings. The van der Waals surface area contributed by atoms with Gasteiger partial charge in [0.2, 0.25) is 5.89 Å². The van der Waals surface area contributed by atoms with Gasteiger partial charge in [0.25, 0.3) is 0 Å². The summed E-state index contributed by atoms with van der Waals surface area (Å²) in [6.45, 7) is 8.44. The number of carbonyl (C=O) groups excluding carboxylic acids is 1. The molecule has 23 heavy (non-hydrogen) atoms. The average Bonchev–Trinajstić information content (AvgIpc) is 3.03. The molecule has 2 rings (SSSR count). The van der Waals surface area contributed by atoms with Crippen LogP contribution in [0.5, 0.6) is 0 Å². The molecule has 1 aliphatic heterocycles. The van der Waals surface area contributed by atoms with Crippen LogP contribution in [0.3, 0.4) is 0 Å². The third-order valence-corrected chi connectivity index (χ3v) is 4.06. The number of hydrogen-bond donors (Lipinski definition) is 1. The number of rotatable bonds is 7. The van der Waals surface area contributed by atoms with E-state index in [9.17, 15) is 4.79 Å². The molecule has 2 amide bonds. The van der Waals surface area contributed by atoms with Crippen molar-refractivity contribution in [3.8, 4) is 0 Å². The second kappa shape index (κ2) is 8.83. The van der Waals surface area contributed by atoms with E-state index < -0.39 is 0 Å². The summed E-state index contributed by atoms with van der Waals surface area (Å²) in [6.07, 6.45) is 1.69. The molecule has 8 nitrogen and oxygen atoms in total. The fourth-order valence-electron chi connectivity index (χ4n) is 2.60. The van der Waals surface area contributed by atoms with E-state index in [1.165, 1.54) is 0 Å². The number of aryl methyl sites for hydroxylation is 1. The SMILES string of the molecule is CCc1nc(CN(C)C(=O)NC[C@@H](CC)N2CCOCC2)no1. The molecule has 0 spiro atoms. The van der Waals surface area contributed by atoms with Crippen LogP contribution in [-0.2, 0) is 17.7 Å². The Morgan fingerprint density at radius 3 is 2.74 bits per heavy atom. The van der Waals surface area contributed by atoms with Crippen LogP contribution in [0.1, 0.15) is 32.0 Å². The van der Waals surface area contributed by atoms with E-state index in [0.29, 0.717) is 37.3 Å². The summed E-state index contributed by atoms with van der Waals surface area (Å²) in [5.41, 5.74) is 0. The number of ether oxygens (including phenoxy) is 1. The zero-order valence-electron chi connectivity index (χ0n) is 14.2. The number of nitrogens with one attached hydrogen (secondary N) is 1. The summed E-state index contributed by atoms with van der Waals surface area (Å²) in [5, 5.41) is 6.85. The molecule has 0 bridgehead atoms. The predicted octanol–water partition coefficient (Wildman–Crippen LogP) is 0.884. The molecular formula is C15H27N5O3. The Morgan fingerprint density at radius 2 is 2.13 bits per heavy atom. The van der Waals surface area contributed by atoms with Crippen molar-refractivity contribution in [3.63, 3.8) is 0 Å². The van der Waals surface area contributed by atoms with Crippen molar-refractivity contribution in [1.29, 1.82) is 0 Å². The minimum Gasteiger partial charge on any atom is -0.379 e. The van der Waals surface area contributed by atoms with Gasteiger partial charge in [-0.25, -0.2) is 4.79 Å². The summed E-state index contributed by atoms with van der Waals surface area (Å²) in [7, 11) is 1.73. The molecular weight excluding hydrogens is 298 g/mol. The number of amides is 2.